The number of piperidine rings is 1. The first-order chi connectivity index (χ1) is 11.2. The van der Waals surface area contributed by atoms with E-state index in [1.165, 1.54) is 48.7 Å². The summed E-state index contributed by atoms with van der Waals surface area (Å²) in [6.07, 6.45) is 8.16. The van der Waals surface area contributed by atoms with E-state index in [9.17, 15) is 0 Å². The fraction of sp³-hybridized carbons (Fsp3) is 0.765. The van der Waals surface area contributed by atoms with Crippen LogP contribution >= 0.6 is 35.3 Å². The average molecular weight is 463 g/mol. The first-order valence-electron chi connectivity index (χ1n) is 8.95. The summed E-state index contributed by atoms with van der Waals surface area (Å²) < 4.78 is 0. The molecule has 2 heterocycles. The molecule has 1 aromatic heterocycles. The molecule has 0 unspecified atom stereocenters. The first kappa shape index (κ1) is 19.9. The number of aromatic nitrogens is 1. The second-order valence-electron chi connectivity index (χ2n) is 6.56. The van der Waals surface area contributed by atoms with Crippen molar-refractivity contribution in [3.63, 3.8) is 0 Å². The van der Waals surface area contributed by atoms with Gasteiger partial charge in [-0.1, -0.05) is 0 Å². The van der Waals surface area contributed by atoms with E-state index in [1.807, 2.05) is 6.20 Å². The number of nitrogens with one attached hydrogen (secondary N) is 2. The Morgan fingerprint density at radius 1 is 1.33 bits per heavy atom. The van der Waals surface area contributed by atoms with E-state index in [-0.39, 0.29) is 24.0 Å². The van der Waals surface area contributed by atoms with Gasteiger partial charge in [0.2, 0.25) is 0 Å². The van der Waals surface area contributed by atoms with Gasteiger partial charge in [-0.15, -0.1) is 35.3 Å². The predicted octanol–water partition coefficient (Wildman–Crippen LogP) is 2.79. The highest BCUT2D eigenvalue weighted by Crippen LogP contribution is 2.29. The lowest BCUT2D eigenvalue weighted by atomic mass is 10.1. The molecule has 2 N–H and O–H groups in total. The molecule has 1 aromatic rings. The fourth-order valence-corrected chi connectivity index (χ4v) is 3.92. The predicted molar refractivity (Wildman–Crippen MR) is 113 cm³/mol. The summed E-state index contributed by atoms with van der Waals surface area (Å²) in [5.74, 6) is 0.964. The van der Waals surface area contributed by atoms with Crippen LogP contribution in [0.5, 0.6) is 0 Å². The second-order valence-corrected chi connectivity index (χ2v) is 7.88. The Morgan fingerprint density at radius 3 is 2.67 bits per heavy atom. The molecular formula is C17H30IN5S. The van der Waals surface area contributed by atoms with Crippen LogP contribution < -0.4 is 10.6 Å². The van der Waals surface area contributed by atoms with Gasteiger partial charge in [-0.25, -0.2) is 4.98 Å². The number of nitrogens with zero attached hydrogens (tertiary/aromatic N) is 3. The maximum atomic E-state index is 4.73. The first-order valence-corrected chi connectivity index (χ1v) is 9.76. The Balaban J connectivity index is 0.00000208. The molecule has 2 aliphatic rings. The highest BCUT2D eigenvalue weighted by Gasteiger charge is 2.31. The lowest BCUT2D eigenvalue weighted by Gasteiger charge is -2.33. The molecule has 1 aliphatic carbocycles. The van der Waals surface area contributed by atoms with Crippen LogP contribution in [0, 0.1) is 6.92 Å². The maximum absolute atomic E-state index is 4.73. The molecule has 0 spiro atoms. The molecular weight excluding hydrogens is 433 g/mol. The molecule has 5 nitrogen and oxygen atoms in total. The topological polar surface area (TPSA) is 52.6 Å². The molecule has 2 fully saturated rings. The minimum atomic E-state index is 0. The molecule has 0 bridgehead atoms. The van der Waals surface area contributed by atoms with Crippen molar-refractivity contribution in [3.8, 4) is 0 Å². The number of hydrogen-bond donors (Lipinski definition) is 2. The highest BCUT2D eigenvalue weighted by atomic mass is 127. The Hall–Kier alpha value is -0.410. The van der Waals surface area contributed by atoms with E-state index in [0.29, 0.717) is 6.04 Å². The fourth-order valence-electron chi connectivity index (χ4n) is 3.14. The summed E-state index contributed by atoms with van der Waals surface area (Å²) in [5, 5.41) is 8.18. The number of hydrogen-bond acceptors (Lipinski definition) is 4. The third kappa shape index (κ3) is 6.15. The molecule has 0 aromatic carbocycles. The van der Waals surface area contributed by atoms with Crippen molar-refractivity contribution in [1.29, 1.82) is 0 Å². The standard InChI is InChI=1S/C17H29N5S.HI/c1-3-18-17(19-9-6-16-20-12-13(2)23-16)21-14-7-10-22(11-8-14)15-4-5-15;/h12,14-15H,3-11H2,1-2H3,(H2,18,19,21);1H. The summed E-state index contributed by atoms with van der Waals surface area (Å²) in [5.41, 5.74) is 0. The zero-order valence-electron chi connectivity index (χ0n) is 14.8. The Labute approximate surface area is 166 Å². The van der Waals surface area contributed by atoms with E-state index in [4.69, 9.17) is 4.99 Å². The van der Waals surface area contributed by atoms with E-state index in [1.54, 1.807) is 11.3 Å². The van der Waals surface area contributed by atoms with Gasteiger partial charge in [0.25, 0.3) is 0 Å². The van der Waals surface area contributed by atoms with Crippen molar-refractivity contribution in [1.82, 2.24) is 20.5 Å². The number of guanidine groups is 1. The molecule has 1 aliphatic heterocycles. The van der Waals surface area contributed by atoms with Crippen LogP contribution in [0.15, 0.2) is 11.2 Å². The van der Waals surface area contributed by atoms with Crippen LogP contribution in [0.3, 0.4) is 0 Å². The van der Waals surface area contributed by atoms with Crippen molar-refractivity contribution >= 4 is 41.3 Å². The quantitative estimate of drug-likeness (QED) is 0.387. The third-order valence-corrected chi connectivity index (χ3v) is 5.52. The van der Waals surface area contributed by atoms with Crippen LogP contribution in [0.2, 0.25) is 0 Å². The van der Waals surface area contributed by atoms with Gasteiger partial charge in [0.05, 0.1) is 5.01 Å². The zero-order valence-corrected chi connectivity index (χ0v) is 17.9. The number of likely N-dealkylation sites (tertiary alicyclic amines) is 1. The van der Waals surface area contributed by atoms with Gasteiger partial charge in [0, 0.05) is 55.8 Å². The zero-order chi connectivity index (χ0) is 16.1. The van der Waals surface area contributed by atoms with Gasteiger partial charge < -0.3 is 15.5 Å². The smallest absolute Gasteiger partial charge is 0.191 e. The normalized spacial score (nSPS) is 19.8. The lowest BCUT2D eigenvalue weighted by molar-refractivity contribution is 0.197. The average Bonchev–Trinajstić information content (AvgIpc) is 3.31. The van der Waals surface area contributed by atoms with Gasteiger partial charge in [0.15, 0.2) is 5.96 Å². The molecule has 0 atom stereocenters. The number of aliphatic imine (C=N–C) groups is 1. The number of halogens is 1. The monoisotopic (exact) mass is 463 g/mol. The van der Waals surface area contributed by atoms with E-state index in [2.05, 4.69) is 34.4 Å². The van der Waals surface area contributed by atoms with Gasteiger partial charge in [0.1, 0.15) is 0 Å². The van der Waals surface area contributed by atoms with E-state index < -0.39 is 0 Å². The summed E-state index contributed by atoms with van der Waals surface area (Å²) >= 11 is 1.77. The lowest BCUT2D eigenvalue weighted by Crippen LogP contribution is -2.49. The molecule has 1 saturated carbocycles. The molecule has 24 heavy (non-hydrogen) atoms. The summed E-state index contributed by atoms with van der Waals surface area (Å²) in [4.78, 5) is 13.1. The van der Waals surface area contributed by atoms with Gasteiger partial charge in [-0.05, 0) is 39.5 Å². The summed E-state index contributed by atoms with van der Waals surface area (Å²) in [7, 11) is 0. The summed E-state index contributed by atoms with van der Waals surface area (Å²) in [6, 6.07) is 1.46. The van der Waals surface area contributed by atoms with Crippen molar-refractivity contribution in [2.24, 2.45) is 4.99 Å². The van der Waals surface area contributed by atoms with Gasteiger partial charge >= 0.3 is 0 Å². The third-order valence-electron chi connectivity index (χ3n) is 4.54. The maximum Gasteiger partial charge on any atom is 0.191 e. The van der Waals surface area contributed by atoms with Crippen molar-refractivity contribution < 1.29 is 0 Å². The minimum Gasteiger partial charge on any atom is -0.357 e. The molecule has 0 amide bonds. The van der Waals surface area contributed by atoms with Crippen LogP contribution in [-0.4, -0.2) is 54.1 Å². The van der Waals surface area contributed by atoms with Crippen LogP contribution in [0.1, 0.15) is 42.5 Å². The number of aryl methyl sites for hydroxylation is 1. The Bertz CT molecular complexity index is 521. The number of rotatable bonds is 6. The highest BCUT2D eigenvalue weighted by molar-refractivity contribution is 14.0. The largest absolute Gasteiger partial charge is 0.357 e. The van der Waals surface area contributed by atoms with E-state index >= 15 is 0 Å². The molecule has 3 rings (SSSR count). The second kappa shape index (κ2) is 9.91. The molecule has 1 saturated heterocycles. The van der Waals surface area contributed by atoms with Gasteiger partial charge in [-0.3, -0.25) is 4.99 Å². The van der Waals surface area contributed by atoms with Crippen molar-refractivity contribution in [3.05, 3.63) is 16.1 Å². The van der Waals surface area contributed by atoms with Crippen LogP contribution in [-0.2, 0) is 6.42 Å². The van der Waals surface area contributed by atoms with Crippen LogP contribution in [0.25, 0.3) is 0 Å². The number of thiazole rings is 1. The molecule has 7 heteroatoms. The minimum absolute atomic E-state index is 0. The SMILES string of the molecule is CCNC(=NCCc1ncc(C)s1)NC1CCN(C2CC2)CC1.I. The molecule has 0 radical (unpaired) electrons. The molecule has 136 valence electrons. The van der Waals surface area contributed by atoms with Crippen LogP contribution in [0.4, 0.5) is 0 Å². The summed E-state index contributed by atoms with van der Waals surface area (Å²) in [6.45, 7) is 8.40. The van der Waals surface area contributed by atoms with Crippen molar-refractivity contribution in [2.75, 3.05) is 26.2 Å². The van der Waals surface area contributed by atoms with Gasteiger partial charge in [-0.2, -0.15) is 0 Å². The van der Waals surface area contributed by atoms with E-state index in [0.717, 1.165) is 31.5 Å². The Kier molecular flexibility index (Phi) is 8.22. The van der Waals surface area contributed by atoms with Crippen molar-refractivity contribution in [2.45, 2.75) is 58.0 Å². The Morgan fingerprint density at radius 2 is 2.08 bits per heavy atom.